The summed E-state index contributed by atoms with van der Waals surface area (Å²) in [6.07, 6.45) is -0.788. The van der Waals surface area contributed by atoms with Gasteiger partial charge in [-0.1, -0.05) is 0 Å². The highest BCUT2D eigenvalue weighted by Crippen LogP contribution is 2.00. The summed E-state index contributed by atoms with van der Waals surface area (Å²) in [5, 5.41) is 25.1. The molecule has 4 unspecified atom stereocenters. The summed E-state index contributed by atoms with van der Waals surface area (Å²) in [5.74, 6) is -3.58. The minimum atomic E-state index is -1.52. The van der Waals surface area contributed by atoms with Crippen LogP contribution < -0.4 is 33.2 Å². The fraction of sp³-hybridized carbons (Fsp3) is 0.667. The molecule has 28 heavy (non-hydrogen) atoms. The Morgan fingerprint density at radius 1 is 1.07 bits per heavy atom. The van der Waals surface area contributed by atoms with Crippen molar-refractivity contribution in [3.63, 3.8) is 0 Å². The molecule has 13 heteroatoms. The molecule has 11 N–H and O–H groups in total. The first-order chi connectivity index (χ1) is 13.0. The summed E-state index contributed by atoms with van der Waals surface area (Å²) < 4.78 is 0. The first kappa shape index (κ1) is 25.1. The van der Waals surface area contributed by atoms with E-state index in [9.17, 15) is 24.3 Å². The smallest absolute Gasteiger partial charge is 0.328 e. The monoisotopic (exact) mass is 403 g/mol. The van der Waals surface area contributed by atoms with Crippen molar-refractivity contribution in [3.05, 3.63) is 0 Å². The molecular formula is C15H29N7O6. The maximum atomic E-state index is 12.3. The SMILES string of the molecule is CC(N)C(=O)NC(CCCN=C(N)N)C(=O)NCC(=O)NC(C(=O)O)C(C)O. The number of aliphatic imine (C=N–C) groups is 1. The highest BCUT2D eigenvalue weighted by Gasteiger charge is 2.26. The van der Waals surface area contributed by atoms with Crippen molar-refractivity contribution in [2.45, 2.75) is 50.9 Å². The van der Waals surface area contributed by atoms with E-state index in [0.717, 1.165) is 0 Å². The lowest BCUT2D eigenvalue weighted by Crippen LogP contribution is -2.54. The summed E-state index contributed by atoms with van der Waals surface area (Å²) in [5.41, 5.74) is 15.9. The number of carboxylic acid groups (broad SMARTS) is 1. The Labute approximate surface area is 162 Å². The maximum Gasteiger partial charge on any atom is 0.328 e. The fourth-order valence-corrected chi connectivity index (χ4v) is 1.98. The van der Waals surface area contributed by atoms with Crippen LogP contribution in [0.4, 0.5) is 0 Å². The van der Waals surface area contributed by atoms with Crippen LogP contribution in [0.2, 0.25) is 0 Å². The van der Waals surface area contributed by atoms with Gasteiger partial charge in [-0.15, -0.1) is 0 Å². The predicted octanol–water partition coefficient (Wildman–Crippen LogP) is -4.06. The highest BCUT2D eigenvalue weighted by molar-refractivity contribution is 5.92. The number of guanidine groups is 1. The normalized spacial score (nSPS) is 14.7. The fourth-order valence-electron chi connectivity index (χ4n) is 1.98. The zero-order valence-electron chi connectivity index (χ0n) is 15.8. The number of hydrogen-bond acceptors (Lipinski definition) is 7. The largest absolute Gasteiger partial charge is 0.480 e. The van der Waals surface area contributed by atoms with E-state index in [1.807, 2.05) is 0 Å². The molecule has 0 heterocycles. The molecular weight excluding hydrogens is 374 g/mol. The highest BCUT2D eigenvalue weighted by atomic mass is 16.4. The van der Waals surface area contributed by atoms with Gasteiger partial charge >= 0.3 is 5.97 Å². The molecule has 0 aromatic heterocycles. The molecule has 0 radical (unpaired) electrons. The second kappa shape index (κ2) is 12.5. The average Bonchev–Trinajstić information content (AvgIpc) is 2.58. The van der Waals surface area contributed by atoms with E-state index in [1.165, 1.54) is 13.8 Å². The standard InChI is InChI=1S/C15H29N7O6/c1-7(16)12(25)21-9(4-3-5-19-15(17)18)13(26)20-6-10(24)22-11(8(2)23)14(27)28/h7-9,11,23H,3-6,16H2,1-2H3,(H,20,26)(H,21,25)(H,22,24)(H,27,28)(H4,17,18,19). The predicted molar refractivity (Wildman–Crippen MR) is 99.7 cm³/mol. The number of nitrogens with zero attached hydrogens (tertiary/aromatic N) is 1. The number of aliphatic hydroxyl groups excluding tert-OH is 1. The van der Waals surface area contributed by atoms with Crippen molar-refractivity contribution in [1.82, 2.24) is 16.0 Å². The average molecular weight is 403 g/mol. The molecule has 0 saturated heterocycles. The van der Waals surface area contributed by atoms with Gasteiger partial charge in [0.05, 0.1) is 18.7 Å². The summed E-state index contributed by atoms with van der Waals surface area (Å²) in [4.78, 5) is 50.6. The van der Waals surface area contributed by atoms with Gasteiger partial charge in [0.1, 0.15) is 6.04 Å². The lowest BCUT2D eigenvalue weighted by Gasteiger charge is -2.20. The van der Waals surface area contributed by atoms with E-state index in [4.69, 9.17) is 22.3 Å². The van der Waals surface area contributed by atoms with Gasteiger partial charge in [0.2, 0.25) is 17.7 Å². The van der Waals surface area contributed by atoms with E-state index in [-0.39, 0.29) is 18.9 Å². The van der Waals surface area contributed by atoms with Crippen LogP contribution in [-0.4, -0.2) is 77.2 Å². The van der Waals surface area contributed by atoms with Crippen molar-refractivity contribution in [2.75, 3.05) is 13.1 Å². The topological polar surface area (TPSA) is 235 Å². The van der Waals surface area contributed by atoms with Crippen LogP contribution in [0.1, 0.15) is 26.7 Å². The maximum absolute atomic E-state index is 12.3. The Hall–Kier alpha value is -2.93. The van der Waals surface area contributed by atoms with E-state index >= 15 is 0 Å². The lowest BCUT2D eigenvalue weighted by atomic mass is 10.1. The molecule has 0 bridgehead atoms. The van der Waals surface area contributed by atoms with Gasteiger partial charge in [-0.3, -0.25) is 19.4 Å². The van der Waals surface area contributed by atoms with E-state index in [2.05, 4.69) is 20.9 Å². The molecule has 4 atom stereocenters. The van der Waals surface area contributed by atoms with Gasteiger partial charge in [0.15, 0.2) is 12.0 Å². The third-order valence-corrected chi connectivity index (χ3v) is 3.48. The number of aliphatic hydroxyl groups is 1. The summed E-state index contributed by atoms with van der Waals surface area (Å²) in [7, 11) is 0. The van der Waals surface area contributed by atoms with Crippen molar-refractivity contribution < 1.29 is 29.4 Å². The van der Waals surface area contributed by atoms with Crippen LogP contribution in [0.5, 0.6) is 0 Å². The molecule has 3 amide bonds. The van der Waals surface area contributed by atoms with Gasteiger partial charge in [-0.05, 0) is 26.7 Å². The van der Waals surface area contributed by atoms with Crippen molar-refractivity contribution in [3.8, 4) is 0 Å². The Balaban J connectivity index is 4.79. The van der Waals surface area contributed by atoms with E-state index in [1.54, 1.807) is 0 Å². The van der Waals surface area contributed by atoms with Gasteiger partial charge in [-0.2, -0.15) is 0 Å². The number of carbonyl (C=O) groups is 4. The summed E-state index contributed by atoms with van der Waals surface area (Å²) in [6, 6.07) is -3.36. The summed E-state index contributed by atoms with van der Waals surface area (Å²) in [6.45, 7) is 2.33. The first-order valence-corrected chi connectivity index (χ1v) is 8.55. The van der Waals surface area contributed by atoms with E-state index in [0.29, 0.717) is 6.42 Å². The zero-order chi connectivity index (χ0) is 21.9. The lowest BCUT2D eigenvalue weighted by molar-refractivity contribution is -0.144. The van der Waals surface area contributed by atoms with Gasteiger partial charge in [-0.25, -0.2) is 4.79 Å². The third kappa shape index (κ3) is 10.3. The number of carbonyl (C=O) groups excluding carboxylic acids is 3. The molecule has 0 aliphatic carbocycles. The van der Waals surface area contributed by atoms with Crippen molar-refractivity contribution in [2.24, 2.45) is 22.2 Å². The first-order valence-electron chi connectivity index (χ1n) is 8.55. The number of nitrogens with one attached hydrogen (secondary N) is 3. The number of hydrogen-bond donors (Lipinski definition) is 8. The van der Waals surface area contributed by atoms with E-state index < -0.39 is 54.5 Å². The minimum Gasteiger partial charge on any atom is -0.480 e. The Morgan fingerprint density at radius 3 is 2.14 bits per heavy atom. The number of rotatable bonds is 12. The Kier molecular flexibility index (Phi) is 11.2. The molecule has 0 aliphatic heterocycles. The van der Waals surface area contributed by atoms with Crippen LogP contribution in [0.15, 0.2) is 4.99 Å². The number of nitrogens with two attached hydrogens (primary N) is 3. The van der Waals surface area contributed by atoms with Gasteiger partial charge < -0.3 is 43.4 Å². The molecule has 0 rings (SSSR count). The van der Waals surface area contributed by atoms with Crippen molar-refractivity contribution in [1.29, 1.82) is 0 Å². The van der Waals surface area contributed by atoms with Crippen LogP contribution in [-0.2, 0) is 19.2 Å². The van der Waals surface area contributed by atoms with Crippen LogP contribution in [0.25, 0.3) is 0 Å². The number of aliphatic carboxylic acids is 1. The molecule has 13 nitrogen and oxygen atoms in total. The Bertz CT molecular complexity index is 589. The zero-order valence-corrected chi connectivity index (χ0v) is 15.8. The minimum absolute atomic E-state index is 0.108. The van der Waals surface area contributed by atoms with Crippen LogP contribution in [0, 0.1) is 0 Å². The Morgan fingerprint density at radius 2 is 1.68 bits per heavy atom. The van der Waals surface area contributed by atoms with Gasteiger partial charge in [0, 0.05) is 6.54 Å². The second-order valence-electron chi connectivity index (χ2n) is 6.14. The molecule has 160 valence electrons. The molecule has 0 fully saturated rings. The number of amides is 3. The second-order valence-corrected chi connectivity index (χ2v) is 6.14. The molecule has 0 saturated carbocycles. The molecule has 0 aliphatic rings. The molecule has 0 aromatic carbocycles. The quantitative estimate of drug-likeness (QED) is 0.0897. The van der Waals surface area contributed by atoms with Crippen LogP contribution in [0.3, 0.4) is 0 Å². The van der Waals surface area contributed by atoms with Crippen LogP contribution >= 0.6 is 0 Å². The molecule has 0 aromatic rings. The number of carboxylic acids is 1. The van der Waals surface area contributed by atoms with Gasteiger partial charge in [0.25, 0.3) is 0 Å². The molecule has 0 spiro atoms. The third-order valence-electron chi connectivity index (χ3n) is 3.48. The van der Waals surface area contributed by atoms with Crippen molar-refractivity contribution >= 4 is 29.7 Å². The summed E-state index contributed by atoms with van der Waals surface area (Å²) >= 11 is 0.